The minimum absolute atomic E-state index is 0.473. The second kappa shape index (κ2) is 5.34. The summed E-state index contributed by atoms with van der Waals surface area (Å²) < 4.78 is 0. The van der Waals surface area contributed by atoms with E-state index in [2.05, 4.69) is 9.80 Å². The molecule has 0 radical (unpaired) electrons. The summed E-state index contributed by atoms with van der Waals surface area (Å²) in [7, 11) is 0. The van der Waals surface area contributed by atoms with Crippen molar-refractivity contribution in [3.8, 4) is 0 Å². The van der Waals surface area contributed by atoms with Gasteiger partial charge in [0.2, 0.25) is 0 Å². The lowest BCUT2D eigenvalue weighted by molar-refractivity contribution is -0.136. The number of hydrogen-bond donors (Lipinski definition) is 1. The Hall–Kier alpha value is -0.320. The third-order valence-corrected chi connectivity index (χ3v) is 3.92. The molecule has 16 heavy (non-hydrogen) atoms. The molecule has 0 bridgehead atoms. The van der Waals surface area contributed by atoms with Gasteiger partial charge in [-0.3, -0.25) is 14.6 Å². The average molecular weight is 247 g/mol. The summed E-state index contributed by atoms with van der Waals surface area (Å²) in [5.74, 6) is -0.911. The van der Waals surface area contributed by atoms with Crippen LogP contribution >= 0.6 is 11.6 Å². The molecule has 2 fully saturated rings. The molecule has 0 aliphatic carbocycles. The van der Waals surface area contributed by atoms with Crippen molar-refractivity contribution in [1.82, 2.24) is 9.80 Å². The van der Waals surface area contributed by atoms with Crippen LogP contribution in [0.15, 0.2) is 0 Å². The Morgan fingerprint density at radius 3 is 2.69 bits per heavy atom. The lowest BCUT2D eigenvalue weighted by atomic mass is 10.2. The van der Waals surface area contributed by atoms with Gasteiger partial charge in [-0.1, -0.05) is 0 Å². The molecule has 2 rings (SSSR count). The van der Waals surface area contributed by atoms with Gasteiger partial charge in [0, 0.05) is 19.1 Å². The number of carboxylic acids is 1. The summed E-state index contributed by atoms with van der Waals surface area (Å²) in [5.41, 5.74) is 0. The van der Waals surface area contributed by atoms with E-state index < -0.39 is 11.3 Å². The van der Waals surface area contributed by atoms with E-state index in [1.807, 2.05) is 0 Å². The first-order chi connectivity index (χ1) is 7.66. The number of hydrogen-bond acceptors (Lipinski definition) is 3. The zero-order valence-corrected chi connectivity index (χ0v) is 10.2. The molecule has 2 atom stereocenters. The van der Waals surface area contributed by atoms with Crippen LogP contribution in [0, 0.1) is 0 Å². The zero-order chi connectivity index (χ0) is 11.5. The first-order valence-electron chi connectivity index (χ1n) is 6.00. The lowest BCUT2D eigenvalue weighted by Gasteiger charge is -2.24. The minimum Gasteiger partial charge on any atom is -0.480 e. The molecule has 5 heteroatoms. The van der Waals surface area contributed by atoms with Gasteiger partial charge in [0.25, 0.3) is 0 Å². The maximum Gasteiger partial charge on any atom is 0.322 e. The highest BCUT2D eigenvalue weighted by Gasteiger charge is 2.30. The van der Waals surface area contributed by atoms with Crippen LogP contribution in [0.2, 0.25) is 0 Å². The predicted molar refractivity (Wildman–Crippen MR) is 62.9 cm³/mol. The van der Waals surface area contributed by atoms with E-state index in [4.69, 9.17) is 16.7 Å². The largest absolute Gasteiger partial charge is 0.480 e. The average Bonchev–Trinajstić information content (AvgIpc) is 2.85. The molecule has 2 unspecified atom stereocenters. The molecule has 92 valence electrons. The van der Waals surface area contributed by atoms with Gasteiger partial charge in [0.15, 0.2) is 0 Å². The third-order valence-electron chi connectivity index (χ3n) is 3.59. The smallest absolute Gasteiger partial charge is 0.322 e. The Morgan fingerprint density at radius 2 is 2.06 bits per heavy atom. The van der Waals surface area contributed by atoms with Crippen molar-refractivity contribution < 1.29 is 9.90 Å². The number of aliphatic carboxylic acids is 1. The van der Waals surface area contributed by atoms with Gasteiger partial charge in [0.05, 0.1) is 0 Å². The topological polar surface area (TPSA) is 43.8 Å². The van der Waals surface area contributed by atoms with Gasteiger partial charge >= 0.3 is 5.97 Å². The molecule has 2 saturated heterocycles. The number of rotatable bonds is 4. The fourth-order valence-corrected chi connectivity index (χ4v) is 2.88. The maximum atomic E-state index is 10.7. The second-order valence-corrected chi connectivity index (χ2v) is 5.28. The summed E-state index contributed by atoms with van der Waals surface area (Å²) in [6.07, 6.45) is 3.77. The Balaban J connectivity index is 1.76. The molecule has 0 saturated carbocycles. The first-order valence-corrected chi connectivity index (χ1v) is 6.44. The van der Waals surface area contributed by atoms with Crippen LogP contribution in [0.1, 0.15) is 19.3 Å². The molecule has 0 spiro atoms. The van der Waals surface area contributed by atoms with Crippen LogP contribution < -0.4 is 0 Å². The van der Waals surface area contributed by atoms with Gasteiger partial charge < -0.3 is 5.11 Å². The molecule has 0 aromatic heterocycles. The standard InChI is InChI=1S/C11H19ClN2O2/c12-10(11(15)16)8-13-6-3-9(7-13)14-4-1-2-5-14/h9-10H,1-8H2,(H,15,16). The highest BCUT2D eigenvalue weighted by atomic mass is 35.5. The number of alkyl halides is 1. The molecule has 1 N–H and O–H groups in total. The van der Waals surface area contributed by atoms with Crippen molar-refractivity contribution >= 4 is 17.6 Å². The number of carboxylic acid groups (broad SMARTS) is 1. The van der Waals surface area contributed by atoms with Crippen LogP contribution in [0.3, 0.4) is 0 Å². The van der Waals surface area contributed by atoms with Crippen LogP contribution in [-0.2, 0) is 4.79 Å². The number of halogens is 1. The van der Waals surface area contributed by atoms with E-state index >= 15 is 0 Å². The van der Waals surface area contributed by atoms with Crippen molar-refractivity contribution in [3.05, 3.63) is 0 Å². The van der Waals surface area contributed by atoms with Crippen LogP contribution in [0.4, 0.5) is 0 Å². The predicted octanol–water partition coefficient (Wildman–Crippen LogP) is 0.849. The molecule has 2 heterocycles. The summed E-state index contributed by atoms with van der Waals surface area (Å²) in [6, 6.07) is 0.625. The van der Waals surface area contributed by atoms with Gasteiger partial charge in [0.1, 0.15) is 5.38 Å². The van der Waals surface area contributed by atoms with Gasteiger partial charge in [-0.25, -0.2) is 0 Å². The van der Waals surface area contributed by atoms with E-state index in [0.29, 0.717) is 12.6 Å². The van der Waals surface area contributed by atoms with Gasteiger partial charge in [-0.15, -0.1) is 11.6 Å². The molecular weight excluding hydrogens is 228 g/mol. The molecule has 2 aliphatic rings. The van der Waals surface area contributed by atoms with E-state index in [1.54, 1.807) is 0 Å². The van der Waals surface area contributed by atoms with E-state index in [1.165, 1.54) is 25.9 Å². The van der Waals surface area contributed by atoms with Crippen molar-refractivity contribution in [2.45, 2.75) is 30.7 Å². The monoisotopic (exact) mass is 246 g/mol. The van der Waals surface area contributed by atoms with E-state index in [-0.39, 0.29) is 0 Å². The Bertz CT molecular complexity index is 256. The van der Waals surface area contributed by atoms with Crippen molar-refractivity contribution in [1.29, 1.82) is 0 Å². The fraction of sp³-hybridized carbons (Fsp3) is 0.909. The SMILES string of the molecule is O=C(O)C(Cl)CN1CCC(N2CCCC2)C1. The quantitative estimate of drug-likeness (QED) is 0.747. The summed E-state index contributed by atoms with van der Waals surface area (Å²) in [5, 5.41) is 7.98. The van der Waals surface area contributed by atoms with Crippen LogP contribution in [-0.4, -0.2) is 65.0 Å². The zero-order valence-electron chi connectivity index (χ0n) is 9.44. The molecule has 4 nitrogen and oxygen atoms in total. The van der Waals surface area contributed by atoms with Crippen molar-refractivity contribution in [3.63, 3.8) is 0 Å². The number of nitrogens with zero attached hydrogens (tertiary/aromatic N) is 2. The van der Waals surface area contributed by atoms with Crippen LogP contribution in [0.5, 0.6) is 0 Å². The van der Waals surface area contributed by atoms with Crippen LogP contribution in [0.25, 0.3) is 0 Å². The minimum atomic E-state index is -0.911. The number of carbonyl (C=O) groups is 1. The Kier molecular flexibility index (Phi) is 4.05. The molecule has 0 amide bonds. The van der Waals surface area contributed by atoms with Gasteiger partial charge in [-0.05, 0) is 38.9 Å². The fourth-order valence-electron chi connectivity index (χ4n) is 2.69. The molecule has 2 aliphatic heterocycles. The molecular formula is C11H19ClN2O2. The molecule has 0 aromatic carbocycles. The highest BCUT2D eigenvalue weighted by molar-refractivity contribution is 6.29. The van der Waals surface area contributed by atoms with E-state index in [0.717, 1.165) is 19.5 Å². The van der Waals surface area contributed by atoms with Crippen molar-refractivity contribution in [2.75, 3.05) is 32.7 Å². The van der Waals surface area contributed by atoms with Gasteiger partial charge in [-0.2, -0.15) is 0 Å². The summed E-state index contributed by atoms with van der Waals surface area (Å²) in [6.45, 7) is 4.86. The van der Waals surface area contributed by atoms with Crippen molar-refractivity contribution in [2.24, 2.45) is 0 Å². The highest BCUT2D eigenvalue weighted by Crippen LogP contribution is 2.20. The summed E-state index contributed by atoms with van der Waals surface area (Å²) >= 11 is 5.75. The first kappa shape index (κ1) is 12.1. The third kappa shape index (κ3) is 2.87. The lowest BCUT2D eigenvalue weighted by Crippen LogP contribution is -2.37. The van der Waals surface area contributed by atoms with E-state index in [9.17, 15) is 4.79 Å². The second-order valence-electron chi connectivity index (χ2n) is 4.75. The maximum absolute atomic E-state index is 10.7. The Morgan fingerprint density at radius 1 is 1.38 bits per heavy atom. The summed E-state index contributed by atoms with van der Waals surface area (Å²) in [4.78, 5) is 15.4. The number of likely N-dealkylation sites (tertiary alicyclic amines) is 2. The Labute approximate surface area is 101 Å². The molecule has 0 aromatic rings. The normalized spacial score (nSPS) is 29.7.